The standard InChI is InChI=1S/C17H34N4O2S.HI/c1-7-17(8-2)13(11-14(17)23-5)20-16(18-9-10-24-6)19-12-15(22)21(3)4;/h13-14H,7-12H2,1-6H3,(H2,18,19,20);1H. The Hall–Kier alpha value is -0.220. The first-order valence-corrected chi connectivity index (χ1v) is 10.1. The molecule has 1 aliphatic carbocycles. The quantitative estimate of drug-likeness (QED) is 0.227. The van der Waals surface area contributed by atoms with Crippen LogP contribution in [0.15, 0.2) is 4.99 Å². The van der Waals surface area contributed by atoms with Crippen LogP contribution in [0.1, 0.15) is 33.1 Å². The van der Waals surface area contributed by atoms with Crippen LogP contribution in [-0.2, 0) is 9.53 Å². The number of nitrogens with zero attached hydrogens (tertiary/aromatic N) is 2. The Labute approximate surface area is 174 Å². The van der Waals surface area contributed by atoms with Gasteiger partial charge in [-0.15, -0.1) is 24.0 Å². The minimum atomic E-state index is 0. The van der Waals surface area contributed by atoms with Crippen molar-refractivity contribution < 1.29 is 9.53 Å². The Kier molecular flexibility index (Phi) is 12.1. The Morgan fingerprint density at radius 1 is 1.36 bits per heavy atom. The van der Waals surface area contributed by atoms with Gasteiger partial charge in [0.1, 0.15) is 6.54 Å². The van der Waals surface area contributed by atoms with Gasteiger partial charge in [-0.25, -0.2) is 4.99 Å². The van der Waals surface area contributed by atoms with Crippen LogP contribution in [0.4, 0.5) is 0 Å². The molecule has 0 spiro atoms. The largest absolute Gasteiger partial charge is 0.381 e. The highest BCUT2D eigenvalue weighted by atomic mass is 127. The highest BCUT2D eigenvalue weighted by Gasteiger charge is 2.53. The third-order valence-electron chi connectivity index (χ3n) is 5.17. The molecule has 0 heterocycles. The van der Waals surface area contributed by atoms with Gasteiger partial charge in [0.15, 0.2) is 5.96 Å². The van der Waals surface area contributed by atoms with Gasteiger partial charge < -0.3 is 20.3 Å². The molecule has 0 aromatic rings. The summed E-state index contributed by atoms with van der Waals surface area (Å²) in [6.07, 6.45) is 5.47. The van der Waals surface area contributed by atoms with Gasteiger partial charge in [-0.1, -0.05) is 13.8 Å². The van der Waals surface area contributed by atoms with Crippen LogP contribution in [0.25, 0.3) is 0 Å². The molecule has 1 aliphatic rings. The summed E-state index contributed by atoms with van der Waals surface area (Å²) in [7, 11) is 5.29. The van der Waals surface area contributed by atoms with Gasteiger partial charge >= 0.3 is 0 Å². The lowest BCUT2D eigenvalue weighted by Crippen LogP contribution is -2.65. The van der Waals surface area contributed by atoms with E-state index in [0.717, 1.165) is 37.5 Å². The molecule has 1 saturated carbocycles. The molecule has 8 heteroatoms. The third kappa shape index (κ3) is 6.46. The van der Waals surface area contributed by atoms with E-state index in [9.17, 15) is 4.79 Å². The molecule has 1 rings (SSSR count). The summed E-state index contributed by atoms with van der Waals surface area (Å²) in [5, 5.41) is 6.88. The topological polar surface area (TPSA) is 66.0 Å². The van der Waals surface area contributed by atoms with Crippen molar-refractivity contribution in [3.05, 3.63) is 0 Å². The third-order valence-corrected chi connectivity index (χ3v) is 5.78. The number of likely N-dealkylation sites (N-methyl/N-ethyl adjacent to an activating group) is 1. The molecular weight excluding hydrogens is 451 g/mol. The molecule has 0 bridgehead atoms. The summed E-state index contributed by atoms with van der Waals surface area (Å²) in [5.74, 6) is 1.73. The number of hydrogen-bond acceptors (Lipinski definition) is 4. The number of guanidine groups is 1. The Balaban J connectivity index is 0.00000576. The first-order valence-electron chi connectivity index (χ1n) is 8.71. The van der Waals surface area contributed by atoms with Crippen molar-refractivity contribution in [3.63, 3.8) is 0 Å². The number of amides is 1. The fourth-order valence-corrected chi connectivity index (χ4v) is 3.66. The summed E-state index contributed by atoms with van der Waals surface area (Å²) < 4.78 is 5.66. The molecule has 0 aliphatic heterocycles. The van der Waals surface area contributed by atoms with E-state index in [4.69, 9.17) is 4.74 Å². The normalized spacial score (nSPS) is 21.8. The number of methoxy groups -OCH3 is 1. The monoisotopic (exact) mass is 486 g/mol. The maximum atomic E-state index is 11.8. The van der Waals surface area contributed by atoms with Crippen LogP contribution in [0, 0.1) is 5.41 Å². The van der Waals surface area contributed by atoms with E-state index in [1.54, 1.807) is 37.9 Å². The van der Waals surface area contributed by atoms with Crippen molar-refractivity contribution in [2.75, 3.05) is 46.3 Å². The van der Waals surface area contributed by atoms with Crippen molar-refractivity contribution in [2.45, 2.75) is 45.3 Å². The molecule has 1 fully saturated rings. The second kappa shape index (κ2) is 12.2. The first kappa shape index (κ1) is 24.8. The van der Waals surface area contributed by atoms with Gasteiger partial charge in [-0.2, -0.15) is 11.8 Å². The van der Waals surface area contributed by atoms with Crippen LogP contribution in [0.2, 0.25) is 0 Å². The van der Waals surface area contributed by atoms with Crippen LogP contribution in [0.3, 0.4) is 0 Å². The Bertz CT molecular complexity index is 431. The predicted molar refractivity (Wildman–Crippen MR) is 118 cm³/mol. The highest BCUT2D eigenvalue weighted by molar-refractivity contribution is 14.0. The molecule has 0 aromatic heterocycles. The van der Waals surface area contributed by atoms with Gasteiger partial charge in [-0.05, 0) is 25.5 Å². The predicted octanol–water partition coefficient (Wildman–Crippen LogP) is 2.18. The summed E-state index contributed by atoms with van der Waals surface area (Å²) in [6.45, 7) is 5.43. The lowest BCUT2D eigenvalue weighted by molar-refractivity contribution is -0.127. The van der Waals surface area contributed by atoms with Crippen LogP contribution < -0.4 is 10.6 Å². The fraction of sp³-hybridized carbons (Fsp3) is 0.882. The summed E-state index contributed by atoms with van der Waals surface area (Å²) in [4.78, 5) is 17.9. The number of thioether (sulfide) groups is 1. The summed E-state index contributed by atoms with van der Waals surface area (Å²) in [5.41, 5.74) is 0.141. The van der Waals surface area contributed by atoms with Crippen molar-refractivity contribution >= 4 is 47.6 Å². The minimum absolute atomic E-state index is 0. The molecule has 0 radical (unpaired) electrons. The lowest BCUT2D eigenvalue weighted by Gasteiger charge is -2.55. The number of aliphatic imine (C=N–C) groups is 1. The van der Waals surface area contributed by atoms with Crippen LogP contribution >= 0.6 is 35.7 Å². The summed E-state index contributed by atoms with van der Waals surface area (Å²) in [6, 6.07) is 0.326. The van der Waals surface area contributed by atoms with Gasteiger partial charge in [0.2, 0.25) is 5.91 Å². The van der Waals surface area contributed by atoms with Crippen molar-refractivity contribution in [3.8, 4) is 0 Å². The van der Waals surface area contributed by atoms with Crippen LogP contribution in [0.5, 0.6) is 0 Å². The number of carbonyl (C=O) groups excluding carboxylic acids is 1. The first-order chi connectivity index (χ1) is 11.4. The zero-order valence-corrected chi connectivity index (χ0v) is 19.6. The molecule has 25 heavy (non-hydrogen) atoms. The molecule has 6 nitrogen and oxygen atoms in total. The number of ether oxygens (including phenoxy) is 1. The number of rotatable bonds is 9. The molecule has 2 N–H and O–H groups in total. The maximum Gasteiger partial charge on any atom is 0.243 e. The number of hydrogen-bond donors (Lipinski definition) is 2. The molecule has 148 valence electrons. The second-order valence-corrected chi connectivity index (χ2v) is 7.46. The average molecular weight is 486 g/mol. The Morgan fingerprint density at radius 2 is 2.00 bits per heavy atom. The number of carbonyl (C=O) groups is 1. The van der Waals surface area contributed by atoms with Gasteiger partial charge in [0.25, 0.3) is 0 Å². The van der Waals surface area contributed by atoms with E-state index in [-0.39, 0.29) is 41.8 Å². The highest BCUT2D eigenvalue weighted by Crippen LogP contribution is 2.48. The molecule has 0 aromatic carbocycles. The van der Waals surface area contributed by atoms with Crippen molar-refractivity contribution in [1.82, 2.24) is 15.5 Å². The molecular formula is C17H35IN4O2S. The maximum absolute atomic E-state index is 11.8. The van der Waals surface area contributed by atoms with Gasteiger partial charge in [0.05, 0.1) is 6.10 Å². The molecule has 1 amide bonds. The number of halogens is 1. The molecule has 0 saturated heterocycles. The van der Waals surface area contributed by atoms with Gasteiger partial charge in [-0.3, -0.25) is 4.79 Å². The van der Waals surface area contributed by atoms with E-state index >= 15 is 0 Å². The van der Waals surface area contributed by atoms with E-state index in [2.05, 4.69) is 35.7 Å². The van der Waals surface area contributed by atoms with Crippen LogP contribution in [-0.4, -0.2) is 75.2 Å². The zero-order chi connectivity index (χ0) is 18.2. The van der Waals surface area contributed by atoms with Crippen molar-refractivity contribution in [2.24, 2.45) is 10.4 Å². The lowest BCUT2D eigenvalue weighted by atomic mass is 9.58. The molecule has 2 atom stereocenters. The summed E-state index contributed by atoms with van der Waals surface area (Å²) >= 11 is 1.78. The number of nitrogens with one attached hydrogen (secondary N) is 2. The van der Waals surface area contributed by atoms with E-state index in [1.807, 2.05) is 0 Å². The average Bonchev–Trinajstić information content (AvgIpc) is 2.56. The van der Waals surface area contributed by atoms with Gasteiger partial charge in [0, 0.05) is 45.0 Å². The van der Waals surface area contributed by atoms with E-state index in [1.165, 1.54) is 0 Å². The zero-order valence-electron chi connectivity index (χ0n) is 16.4. The fourth-order valence-electron chi connectivity index (χ4n) is 3.36. The molecule has 2 unspecified atom stereocenters. The van der Waals surface area contributed by atoms with E-state index in [0.29, 0.717) is 12.1 Å². The minimum Gasteiger partial charge on any atom is -0.381 e. The smallest absolute Gasteiger partial charge is 0.243 e. The second-order valence-electron chi connectivity index (χ2n) is 6.47. The SMILES string of the molecule is CCC1(CC)C(NC(=NCC(=O)N(C)C)NCCSC)CC1OC.I. The van der Waals surface area contributed by atoms with Crippen molar-refractivity contribution in [1.29, 1.82) is 0 Å². The Morgan fingerprint density at radius 3 is 2.48 bits per heavy atom. The van der Waals surface area contributed by atoms with E-state index < -0.39 is 0 Å².